The summed E-state index contributed by atoms with van der Waals surface area (Å²) < 4.78 is 13.4. The Kier molecular flexibility index (Phi) is 4.42. The first-order valence-electron chi connectivity index (χ1n) is 6.47. The third-order valence-electron chi connectivity index (χ3n) is 3.50. The SMILES string of the molecule is CC(C)N1CCN(C(=O)c2ccc(Cl)c(F)c2)CC1. The van der Waals surface area contributed by atoms with Crippen molar-refractivity contribution in [2.45, 2.75) is 19.9 Å². The van der Waals surface area contributed by atoms with Crippen molar-refractivity contribution in [2.75, 3.05) is 26.2 Å². The summed E-state index contributed by atoms with van der Waals surface area (Å²) >= 11 is 5.62. The zero-order chi connectivity index (χ0) is 14.0. The van der Waals surface area contributed by atoms with Crippen LogP contribution in [0.25, 0.3) is 0 Å². The molecule has 104 valence electrons. The van der Waals surface area contributed by atoms with Gasteiger partial charge in [-0.25, -0.2) is 4.39 Å². The van der Waals surface area contributed by atoms with E-state index in [0.717, 1.165) is 13.1 Å². The number of hydrogen-bond donors (Lipinski definition) is 0. The van der Waals surface area contributed by atoms with Crippen molar-refractivity contribution in [1.82, 2.24) is 9.80 Å². The lowest BCUT2D eigenvalue weighted by molar-refractivity contribution is 0.0595. The van der Waals surface area contributed by atoms with E-state index in [1.807, 2.05) is 0 Å². The Morgan fingerprint density at radius 2 is 1.89 bits per heavy atom. The monoisotopic (exact) mass is 284 g/mol. The fourth-order valence-electron chi connectivity index (χ4n) is 2.25. The number of rotatable bonds is 2. The molecule has 0 atom stereocenters. The van der Waals surface area contributed by atoms with Crippen LogP contribution in [0.1, 0.15) is 24.2 Å². The summed E-state index contributed by atoms with van der Waals surface area (Å²) in [6, 6.07) is 4.70. The first kappa shape index (κ1) is 14.3. The number of amides is 1. The molecule has 0 radical (unpaired) electrons. The number of carbonyl (C=O) groups excluding carboxylic acids is 1. The molecule has 1 aliphatic heterocycles. The lowest BCUT2D eigenvalue weighted by Crippen LogP contribution is -2.50. The van der Waals surface area contributed by atoms with Crippen LogP contribution >= 0.6 is 11.6 Å². The third kappa shape index (κ3) is 3.25. The summed E-state index contributed by atoms with van der Waals surface area (Å²) in [5, 5.41) is 0.0428. The van der Waals surface area contributed by atoms with Gasteiger partial charge in [-0.3, -0.25) is 9.69 Å². The Labute approximate surface area is 117 Å². The molecule has 0 unspecified atom stereocenters. The van der Waals surface area contributed by atoms with Gasteiger partial charge < -0.3 is 4.90 Å². The van der Waals surface area contributed by atoms with Crippen molar-refractivity contribution >= 4 is 17.5 Å². The van der Waals surface area contributed by atoms with Crippen LogP contribution in [0.5, 0.6) is 0 Å². The number of benzene rings is 1. The van der Waals surface area contributed by atoms with Crippen LogP contribution < -0.4 is 0 Å². The van der Waals surface area contributed by atoms with E-state index in [1.165, 1.54) is 12.1 Å². The molecule has 0 aromatic heterocycles. The maximum atomic E-state index is 13.4. The van der Waals surface area contributed by atoms with Gasteiger partial charge in [0.1, 0.15) is 5.82 Å². The highest BCUT2D eigenvalue weighted by atomic mass is 35.5. The smallest absolute Gasteiger partial charge is 0.254 e. The first-order valence-corrected chi connectivity index (χ1v) is 6.85. The average Bonchev–Trinajstić information content (AvgIpc) is 2.41. The Morgan fingerprint density at radius 1 is 1.26 bits per heavy atom. The molecule has 1 aromatic rings. The van der Waals surface area contributed by atoms with Crippen molar-refractivity contribution in [1.29, 1.82) is 0 Å². The van der Waals surface area contributed by atoms with Crippen molar-refractivity contribution in [3.63, 3.8) is 0 Å². The normalized spacial score (nSPS) is 17.0. The second kappa shape index (κ2) is 5.88. The van der Waals surface area contributed by atoms with Gasteiger partial charge in [-0.15, -0.1) is 0 Å². The summed E-state index contributed by atoms with van der Waals surface area (Å²) in [6.45, 7) is 7.37. The summed E-state index contributed by atoms with van der Waals surface area (Å²) in [4.78, 5) is 16.3. The highest BCUT2D eigenvalue weighted by Gasteiger charge is 2.23. The van der Waals surface area contributed by atoms with E-state index in [4.69, 9.17) is 11.6 Å². The number of piperazine rings is 1. The second-order valence-corrected chi connectivity index (χ2v) is 5.46. The molecule has 0 N–H and O–H groups in total. The predicted octanol–water partition coefficient (Wildman–Crippen LogP) is 2.65. The molecule has 0 spiro atoms. The minimum atomic E-state index is -0.548. The molecule has 1 amide bonds. The first-order chi connectivity index (χ1) is 8.99. The Bertz CT molecular complexity index is 471. The van der Waals surface area contributed by atoms with Crippen molar-refractivity contribution < 1.29 is 9.18 Å². The summed E-state index contributed by atoms with van der Waals surface area (Å²) in [6.07, 6.45) is 0. The maximum Gasteiger partial charge on any atom is 0.254 e. The van der Waals surface area contributed by atoms with Crippen LogP contribution in [-0.4, -0.2) is 47.9 Å². The van der Waals surface area contributed by atoms with Crippen LogP contribution in [0.15, 0.2) is 18.2 Å². The van der Waals surface area contributed by atoms with E-state index < -0.39 is 5.82 Å². The summed E-state index contributed by atoms with van der Waals surface area (Å²) in [5.74, 6) is -0.674. The van der Waals surface area contributed by atoms with E-state index in [9.17, 15) is 9.18 Å². The average molecular weight is 285 g/mol. The Morgan fingerprint density at radius 3 is 2.42 bits per heavy atom. The van der Waals surface area contributed by atoms with Crippen LogP contribution in [0, 0.1) is 5.82 Å². The molecule has 5 heteroatoms. The van der Waals surface area contributed by atoms with Crippen LogP contribution in [-0.2, 0) is 0 Å². The van der Waals surface area contributed by atoms with E-state index in [1.54, 1.807) is 11.0 Å². The zero-order valence-electron chi connectivity index (χ0n) is 11.2. The fraction of sp³-hybridized carbons (Fsp3) is 0.500. The molecule has 1 saturated heterocycles. The zero-order valence-corrected chi connectivity index (χ0v) is 12.0. The Balaban J connectivity index is 2.03. The van der Waals surface area contributed by atoms with Gasteiger partial charge in [0.05, 0.1) is 5.02 Å². The fourth-order valence-corrected chi connectivity index (χ4v) is 2.37. The van der Waals surface area contributed by atoms with Crippen LogP contribution in [0.4, 0.5) is 4.39 Å². The van der Waals surface area contributed by atoms with Crippen molar-refractivity contribution in [3.05, 3.63) is 34.6 Å². The van der Waals surface area contributed by atoms with Crippen molar-refractivity contribution in [3.8, 4) is 0 Å². The van der Waals surface area contributed by atoms with E-state index in [2.05, 4.69) is 18.7 Å². The third-order valence-corrected chi connectivity index (χ3v) is 3.80. The molecule has 19 heavy (non-hydrogen) atoms. The molecule has 1 aromatic carbocycles. The van der Waals surface area contributed by atoms with Crippen LogP contribution in [0.2, 0.25) is 5.02 Å². The molecule has 0 aliphatic carbocycles. The minimum absolute atomic E-state index is 0.0428. The quantitative estimate of drug-likeness (QED) is 0.833. The highest BCUT2D eigenvalue weighted by molar-refractivity contribution is 6.30. The number of hydrogen-bond acceptors (Lipinski definition) is 2. The number of nitrogens with zero attached hydrogens (tertiary/aromatic N) is 2. The lowest BCUT2D eigenvalue weighted by Gasteiger charge is -2.37. The molecular formula is C14H18ClFN2O. The minimum Gasteiger partial charge on any atom is -0.336 e. The standard InChI is InChI=1S/C14H18ClFN2O/c1-10(2)17-5-7-18(8-6-17)14(19)11-3-4-12(15)13(16)9-11/h3-4,9-10H,5-8H2,1-2H3. The number of carbonyl (C=O) groups is 1. The lowest BCUT2D eigenvalue weighted by atomic mass is 10.1. The largest absolute Gasteiger partial charge is 0.336 e. The van der Waals surface area contributed by atoms with Crippen molar-refractivity contribution in [2.24, 2.45) is 0 Å². The topological polar surface area (TPSA) is 23.6 Å². The molecule has 0 bridgehead atoms. The van der Waals surface area contributed by atoms with Gasteiger partial charge in [0.25, 0.3) is 5.91 Å². The maximum absolute atomic E-state index is 13.4. The Hall–Kier alpha value is -1.13. The summed E-state index contributed by atoms with van der Waals surface area (Å²) in [5.41, 5.74) is 0.361. The van der Waals surface area contributed by atoms with Gasteiger partial charge in [-0.05, 0) is 32.0 Å². The molecule has 1 aliphatic rings. The molecule has 1 heterocycles. The van der Waals surface area contributed by atoms with E-state index in [0.29, 0.717) is 24.7 Å². The van der Waals surface area contributed by atoms with Gasteiger partial charge in [0.2, 0.25) is 0 Å². The molecule has 1 fully saturated rings. The highest BCUT2D eigenvalue weighted by Crippen LogP contribution is 2.17. The molecular weight excluding hydrogens is 267 g/mol. The molecule has 3 nitrogen and oxygen atoms in total. The van der Waals surface area contributed by atoms with Gasteiger partial charge in [-0.1, -0.05) is 11.6 Å². The van der Waals surface area contributed by atoms with Gasteiger partial charge in [0.15, 0.2) is 0 Å². The summed E-state index contributed by atoms with van der Waals surface area (Å²) in [7, 11) is 0. The van der Waals surface area contributed by atoms with Gasteiger partial charge in [0, 0.05) is 37.8 Å². The number of halogens is 2. The van der Waals surface area contributed by atoms with E-state index in [-0.39, 0.29) is 10.9 Å². The van der Waals surface area contributed by atoms with Crippen LogP contribution in [0.3, 0.4) is 0 Å². The van der Waals surface area contributed by atoms with Gasteiger partial charge >= 0.3 is 0 Å². The van der Waals surface area contributed by atoms with E-state index >= 15 is 0 Å². The predicted molar refractivity (Wildman–Crippen MR) is 74.0 cm³/mol. The second-order valence-electron chi connectivity index (χ2n) is 5.05. The van der Waals surface area contributed by atoms with Gasteiger partial charge in [-0.2, -0.15) is 0 Å². The molecule has 0 saturated carbocycles. The molecule has 2 rings (SSSR count).